The molecule has 92 valence electrons. The molecule has 0 aliphatic carbocycles. The molecule has 0 spiro atoms. The van der Waals surface area contributed by atoms with Gasteiger partial charge in [0, 0.05) is 4.90 Å². The lowest BCUT2D eigenvalue weighted by Gasteiger charge is -2.06. The van der Waals surface area contributed by atoms with Gasteiger partial charge < -0.3 is 9.47 Å². The molecule has 0 atom stereocenters. The first-order chi connectivity index (χ1) is 8.06. The van der Waals surface area contributed by atoms with Gasteiger partial charge in [-0.2, -0.15) is 0 Å². The van der Waals surface area contributed by atoms with Gasteiger partial charge in [0.1, 0.15) is 0 Å². The van der Waals surface area contributed by atoms with Crippen LogP contribution in [-0.4, -0.2) is 26.2 Å². The first kappa shape index (κ1) is 13.6. The second-order valence-corrected chi connectivity index (χ2v) is 3.95. The highest BCUT2D eigenvalue weighted by atomic mass is 32.1. The topological polar surface area (TPSA) is 52.6 Å². The highest BCUT2D eigenvalue weighted by Gasteiger charge is 2.09. The molecule has 0 saturated carbocycles. The SMILES string of the molecule is COC(=O)Cc1ccc(CC(=O)OC)c(S)c1. The molecule has 4 nitrogen and oxygen atoms in total. The average molecular weight is 254 g/mol. The van der Waals surface area contributed by atoms with Crippen LogP contribution in [0.15, 0.2) is 23.1 Å². The summed E-state index contributed by atoms with van der Waals surface area (Å²) in [4.78, 5) is 22.9. The molecule has 1 aromatic carbocycles. The molecule has 0 aromatic heterocycles. The molecule has 0 aliphatic heterocycles. The van der Waals surface area contributed by atoms with E-state index in [-0.39, 0.29) is 24.8 Å². The number of benzene rings is 1. The first-order valence-corrected chi connectivity index (χ1v) is 5.46. The maximum Gasteiger partial charge on any atom is 0.310 e. The number of ether oxygens (including phenoxy) is 2. The van der Waals surface area contributed by atoms with E-state index in [0.717, 1.165) is 11.1 Å². The second kappa shape index (κ2) is 6.30. The van der Waals surface area contributed by atoms with Crippen LogP contribution in [0.3, 0.4) is 0 Å². The van der Waals surface area contributed by atoms with Gasteiger partial charge in [-0.15, -0.1) is 12.6 Å². The fraction of sp³-hybridized carbons (Fsp3) is 0.333. The number of methoxy groups -OCH3 is 2. The van der Waals surface area contributed by atoms with Crippen molar-refractivity contribution in [1.29, 1.82) is 0 Å². The van der Waals surface area contributed by atoms with E-state index in [4.69, 9.17) is 0 Å². The van der Waals surface area contributed by atoms with Crippen LogP contribution in [-0.2, 0) is 31.9 Å². The monoisotopic (exact) mass is 254 g/mol. The minimum absolute atomic E-state index is 0.174. The number of hydrogen-bond acceptors (Lipinski definition) is 5. The third-order valence-electron chi connectivity index (χ3n) is 2.29. The van der Waals surface area contributed by atoms with Crippen molar-refractivity contribution in [1.82, 2.24) is 0 Å². The van der Waals surface area contributed by atoms with Gasteiger partial charge in [0.2, 0.25) is 0 Å². The smallest absolute Gasteiger partial charge is 0.310 e. The maximum absolute atomic E-state index is 11.1. The normalized spacial score (nSPS) is 9.82. The molecule has 0 saturated heterocycles. The molecule has 5 heteroatoms. The van der Waals surface area contributed by atoms with Crippen molar-refractivity contribution in [3.05, 3.63) is 29.3 Å². The summed E-state index contributed by atoms with van der Waals surface area (Å²) in [5.41, 5.74) is 1.57. The number of hydrogen-bond donors (Lipinski definition) is 1. The number of carbonyl (C=O) groups is 2. The predicted octanol–water partition coefficient (Wildman–Crippen LogP) is 1.41. The van der Waals surface area contributed by atoms with Crippen LogP contribution in [0.1, 0.15) is 11.1 Å². The lowest BCUT2D eigenvalue weighted by molar-refractivity contribution is -0.140. The standard InChI is InChI=1S/C12H14O4S/c1-15-11(13)6-8-3-4-9(10(17)5-8)7-12(14)16-2/h3-5,17H,6-7H2,1-2H3. The van der Waals surface area contributed by atoms with Gasteiger partial charge in [0.15, 0.2) is 0 Å². The Morgan fingerprint density at radius 2 is 1.71 bits per heavy atom. The Labute approximate surface area is 105 Å². The Morgan fingerprint density at radius 1 is 1.12 bits per heavy atom. The highest BCUT2D eigenvalue weighted by Crippen LogP contribution is 2.17. The van der Waals surface area contributed by atoms with Gasteiger partial charge in [0.25, 0.3) is 0 Å². The molecule has 0 fully saturated rings. The van der Waals surface area contributed by atoms with Gasteiger partial charge >= 0.3 is 11.9 Å². The van der Waals surface area contributed by atoms with Crippen LogP contribution in [0, 0.1) is 0 Å². The maximum atomic E-state index is 11.1. The number of thiol groups is 1. The largest absolute Gasteiger partial charge is 0.469 e. The molecule has 0 amide bonds. The van der Waals surface area contributed by atoms with E-state index in [2.05, 4.69) is 22.1 Å². The fourth-order valence-electron chi connectivity index (χ4n) is 1.34. The molecule has 1 aromatic rings. The Balaban J connectivity index is 2.79. The van der Waals surface area contributed by atoms with E-state index in [9.17, 15) is 9.59 Å². The van der Waals surface area contributed by atoms with Gasteiger partial charge in [-0.25, -0.2) is 0 Å². The van der Waals surface area contributed by atoms with Crippen molar-refractivity contribution >= 4 is 24.6 Å². The van der Waals surface area contributed by atoms with Crippen LogP contribution in [0.2, 0.25) is 0 Å². The molecule has 0 bridgehead atoms. The zero-order valence-electron chi connectivity index (χ0n) is 9.73. The van der Waals surface area contributed by atoms with Crippen LogP contribution >= 0.6 is 12.6 Å². The number of carbonyl (C=O) groups excluding carboxylic acids is 2. The number of rotatable bonds is 4. The van der Waals surface area contributed by atoms with Crippen molar-refractivity contribution < 1.29 is 19.1 Å². The molecule has 0 N–H and O–H groups in total. The van der Waals surface area contributed by atoms with Crippen molar-refractivity contribution in [3.63, 3.8) is 0 Å². The molecule has 1 rings (SSSR count). The third kappa shape index (κ3) is 4.11. The summed E-state index contributed by atoms with van der Waals surface area (Å²) in [6, 6.07) is 5.28. The Bertz CT molecular complexity index is 429. The van der Waals surface area contributed by atoms with Crippen molar-refractivity contribution in [2.45, 2.75) is 17.7 Å². The third-order valence-corrected chi connectivity index (χ3v) is 2.70. The van der Waals surface area contributed by atoms with Gasteiger partial charge in [-0.3, -0.25) is 9.59 Å². The molecule has 0 heterocycles. The van der Waals surface area contributed by atoms with E-state index < -0.39 is 0 Å². The lowest BCUT2D eigenvalue weighted by Crippen LogP contribution is -2.07. The molecular weight excluding hydrogens is 240 g/mol. The fourth-order valence-corrected chi connectivity index (χ4v) is 1.65. The minimum atomic E-state index is -0.319. The van der Waals surface area contributed by atoms with E-state index in [1.807, 2.05) is 0 Å². The van der Waals surface area contributed by atoms with Crippen molar-refractivity contribution in [3.8, 4) is 0 Å². The Kier molecular flexibility index (Phi) is 5.03. The lowest BCUT2D eigenvalue weighted by atomic mass is 10.1. The zero-order valence-corrected chi connectivity index (χ0v) is 10.6. The van der Waals surface area contributed by atoms with Gasteiger partial charge in [0.05, 0.1) is 27.1 Å². The molecule has 0 aliphatic rings. The summed E-state index contributed by atoms with van der Waals surface area (Å²) in [5, 5.41) is 0. The van der Waals surface area contributed by atoms with Crippen LogP contribution < -0.4 is 0 Å². The minimum Gasteiger partial charge on any atom is -0.469 e. The summed E-state index contributed by atoms with van der Waals surface area (Å²) in [6.07, 6.45) is 0.371. The molecule has 17 heavy (non-hydrogen) atoms. The van der Waals surface area contributed by atoms with E-state index >= 15 is 0 Å². The molecule has 0 unspecified atom stereocenters. The van der Waals surface area contributed by atoms with E-state index in [1.54, 1.807) is 18.2 Å². The zero-order chi connectivity index (χ0) is 12.8. The van der Waals surface area contributed by atoms with Crippen LogP contribution in [0.5, 0.6) is 0 Å². The Hall–Kier alpha value is -1.49. The summed E-state index contributed by atoms with van der Waals surface area (Å²) in [5.74, 6) is -0.625. The van der Waals surface area contributed by atoms with E-state index in [1.165, 1.54) is 14.2 Å². The predicted molar refractivity (Wildman–Crippen MR) is 65.1 cm³/mol. The van der Waals surface area contributed by atoms with Gasteiger partial charge in [-0.1, -0.05) is 12.1 Å². The van der Waals surface area contributed by atoms with Crippen LogP contribution in [0.25, 0.3) is 0 Å². The van der Waals surface area contributed by atoms with Crippen molar-refractivity contribution in [2.24, 2.45) is 0 Å². The summed E-state index contributed by atoms with van der Waals surface area (Å²) in [7, 11) is 2.68. The van der Waals surface area contributed by atoms with Crippen molar-refractivity contribution in [2.75, 3.05) is 14.2 Å². The average Bonchev–Trinajstić information content (AvgIpc) is 2.32. The van der Waals surface area contributed by atoms with E-state index in [0.29, 0.717) is 4.90 Å². The molecule has 0 radical (unpaired) electrons. The first-order valence-electron chi connectivity index (χ1n) is 5.01. The second-order valence-electron chi connectivity index (χ2n) is 3.47. The van der Waals surface area contributed by atoms with Crippen LogP contribution in [0.4, 0.5) is 0 Å². The molecular formula is C12H14O4S. The summed E-state index contributed by atoms with van der Waals surface area (Å²) < 4.78 is 9.14. The summed E-state index contributed by atoms with van der Waals surface area (Å²) in [6.45, 7) is 0. The highest BCUT2D eigenvalue weighted by molar-refractivity contribution is 7.80. The summed E-state index contributed by atoms with van der Waals surface area (Å²) >= 11 is 4.27. The Morgan fingerprint density at radius 3 is 2.24 bits per heavy atom. The quantitative estimate of drug-likeness (QED) is 0.652. The van der Waals surface area contributed by atoms with Gasteiger partial charge in [-0.05, 0) is 17.2 Å². The number of esters is 2.